The van der Waals surface area contributed by atoms with Gasteiger partial charge in [-0.05, 0) is 46.2 Å². The molecule has 0 saturated heterocycles. The van der Waals surface area contributed by atoms with E-state index in [1.165, 1.54) is 0 Å². The maximum absolute atomic E-state index is 12.6. The smallest absolute Gasteiger partial charge is 0.445 e. The fourth-order valence-electron chi connectivity index (χ4n) is 1.22. The summed E-state index contributed by atoms with van der Waals surface area (Å²) in [5.41, 5.74) is 8.64. The molecule has 0 N–H and O–H groups in total. The van der Waals surface area contributed by atoms with Crippen molar-refractivity contribution >= 4 is 35.0 Å². The van der Waals surface area contributed by atoms with Crippen LogP contribution in [0.15, 0.2) is 17.2 Å². The van der Waals surface area contributed by atoms with E-state index in [4.69, 9.17) is 5.53 Å². The Kier molecular flexibility index (Phi) is 4.09. The minimum Gasteiger partial charge on any atom is -0.445 e. The zero-order valence-corrected chi connectivity index (χ0v) is 10.5. The average Bonchev–Trinajstić information content (AvgIpc) is 2.18. The molecule has 0 aromatic heterocycles. The molecule has 16 heavy (non-hydrogen) atoms. The summed E-state index contributed by atoms with van der Waals surface area (Å²) in [6.45, 7) is -3.37. The summed E-state index contributed by atoms with van der Waals surface area (Å²) in [5.74, 6) is 0. The SMILES string of the molecule is Cc1c(I)cc([B-](F)(F)F)cc1CN=[N+]=[N-]. The lowest BCUT2D eigenvalue weighted by Crippen LogP contribution is -2.34. The van der Waals surface area contributed by atoms with Crippen LogP contribution in [0.2, 0.25) is 0 Å². The predicted octanol–water partition coefficient (Wildman–Crippen LogP) is 3.46. The van der Waals surface area contributed by atoms with Crippen molar-refractivity contribution in [3.05, 3.63) is 37.3 Å². The van der Waals surface area contributed by atoms with Crippen LogP contribution >= 0.6 is 22.6 Å². The summed E-state index contributed by atoms with van der Waals surface area (Å²) in [7, 11) is 0. The Morgan fingerprint density at radius 3 is 2.56 bits per heavy atom. The van der Waals surface area contributed by atoms with Crippen molar-refractivity contribution in [1.82, 2.24) is 0 Å². The number of azide groups is 1. The number of halogens is 4. The molecule has 0 unspecified atom stereocenters. The van der Waals surface area contributed by atoms with E-state index in [1.54, 1.807) is 6.92 Å². The molecule has 1 aromatic rings. The molecule has 86 valence electrons. The van der Waals surface area contributed by atoms with Gasteiger partial charge < -0.3 is 12.9 Å². The number of rotatable bonds is 3. The van der Waals surface area contributed by atoms with E-state index in [0.717, 1.165) is 17.7 Å². The second-order valence-corrected chi connectivity index (χ2v) is 4.41. The number of benzene rings is 1. The second kappa shape index (κ2) is 4.96. The lowest BCUT2D eigenvalue weighted by Gasteiger charge is -2.18. The van der Waals surface area contributed by atoms with E-state index >= 15 is 0 Å². The van der Waals surface area contributed by atoms with Gasteiger partial charge in [-0.1, -0.05) is 17.2 Å². The molecule has 0 aliphatic carbocycles. The number of hydrogen-bond donors (Lipinski definition) is 0. The van der Waals surface area contributed by atoms with Crippen molar-refractivity contribution in [3.63, 3.8) is 0 Å². The molecule has 8 heteroatoms. The first kappa shape index (κ1) is 13.2. The van der Waals surface area contributed by atoms with Gasteiger partial charge >= 0.3 is 6.98 Å². The molecule has 0 aliphatic rings. The van der Waals surface area contributed by atoms with E-state index in [0.29, 0.717) is 9.13 Å². The van der Waals surface area contributed by atoms with Gasteiger partial charge in [-0.25, -0.2) is 0 Å². The first-order valence-electron chi connectivity index (χ1n) is 4.36. The molecular formula is C8H7BF3IN3-. The quantitative estimate of drug-likeness (QED) is 0.266. The normalized spacial score (nSPS) is 11.1. The zero-order valence-electron chi connectivity index (χ0n) is 8.29. The van der Waals surface area contributed by atoms with Gasteiger partial charge in [0.25, 0.3) is 0 Å². The van der Waals surface area contributed by atoms with Gasteiger partial charge in [-0.15, -0.1) is 5.46 Å². The van der Waals surface area contributed by atoms with Crippen LogP contribution in [0.4, 0.5) is 12.9 Å². The monoisotopic (exact) mass is 340 g/mol. The standard InChI is InChI=1S/C8H7BF3IN3/c1-5-6(4-15-16-14)2-7(3-8(5)13)9(10,11)12/h2-3H,4H2,1H3/q-1. The van der Waals surface area contributed by atoms with Crippen LogP contribution in [0.5, 0.6) is 0 Å². The lowest BCUT2D eigenvalue weighted by molar-refractivity contribution is 0.501. The van der Waals surface area contributed by atoms with E-state index < -0.39 is 12.4 Å². The second-order valence-electron chi connectivity index (χ2n) is 3.25. The van der Waals surface area contributed by atoms with Gasteiger partial charge in [0.15, 0.2) is 0 Å². The molecule has 0 saturated carbocycles. The van der Waals surface area contributed by atoms with Crippen molar-refractivity contribution in [1.29, 1.82) is 0 Å². The van der Waals surface area contributed by atoms with Crippen molar-refractivity contribution in [2.75, 3.05) is 0 Å². The Bertz CT molecular complexity index is 455. The fraction of sp³-hybridized carbons (Fsp3) is 0.250. The average molecular weight is 340 g/mol. The molecule has 0 heterocycles. The maximum atomic E-state index is 12.6. The first-order chi connectivity index (χ1) is 7.36. The minimum absolute atomic E-state index is 0.0572. The van der Waals surface area contributed by atoms with Gasteiger partial charge in [0.2, 0.25) is 0 Å². The summed E-state index contributed by atoms with van der Waals surface area (Å²) in [6, 6.07) is 2.15. The van der Waals surface area contributed by atoms with Crippen LogP contribution in [-0.2, 0) is 6.54 Å². The molecule has 3 nitrogen and oxygen atoms in total. The van der Waals surface area contributed by atoms with E-state index in [-0.39, 0.29) is 6.54 Å². The zero-order chi connectivity index (χ0) is 12.3. The largest absolute Gasteiger partial charge is 0.509 e. The van der Waals surface area contributed by atoms with E-state index in [2.05, 4.69) is 10.0 Å². The Hall–Kier alpha value is -0.885. The van der Waals surface area contributed by atoms with Gasteiger partial charge in [0, 0.05) is 8.48 Å². The Morgan fingerprint density at radius 2 is 2.06 bits per heavy atom. The van der Waals surface area contributed by atoms with E-state index in [9.17, 15) is 12.9 Å². The van der Waals surface area contributed by atoms with Crippen LogP contribution in [0.3, 0.4) is 0 Å². The Labute approximate surface area is 104 Å². The summed E-state index contributed by atoms with van der Waals surface area (Å²) in [5, 5.41) is 3.28. The molecule has 1 rings (SSSR count). The third-order valence-electron chi connectivity index (χ3n) is 2.16. The lowest BCUT2D eigenvalue weighted by atomic mass is 9.79. The van der Waals surface area contributed by atoms with Crippen molar-refractivity contribution in [2.45, 2.75) is 13.5 Å². The van der Waals surface area contributed by atoms with Crippen LogP contribution in [0.1, 0.15) is 11.1 Å². The highest BCUT2D eigenvalue weighted by molar-refractivity contribution is 14.1. The van der Waals surface area contributed by atoms with Gasteiger partial charge in [0.1, 0.15) is 0 Å². The highest BCUT2D eigenvalue weighted by Gasteiger charge is 2.26. The van der Waals surface area contributed by atoms with Crippen LogP contribution < -0.4 is 5.46 Å². The third kappa shape index (κ3) is 3.05. The fourth-order valence-corrected chi connectivity index (χ4v) is 1.93. The summed E-state index contributed by atoms with van der Waals surface area (Å²) >= 11 is 1.84. The molecule has 0 spiro atoms. The van der Waals surface area contributed by atoms with E-state index in [1.807, 2.05) is 22.6 Å². The number of hydrogen-bond acceptors (Lipinski definition) is 1. The molecule has 0 bridgehead atoms. The molecule has 0 radical (unpaired) electrons. The van der Waals surface area contributed by atoms with Gasteiger partial charge in [0.05, 0.1) is 6.54 Å². The molecule has 0 amide bonds. The van der Waals surface area contributed by atoms with Gasteiger partial charge in [-0.3, -0.25) is 0 Å². The van der Waals surface area contributed by atoms with Crippen molar-refractivity contribution in [3.8, 4) is 0 Å². The topological polar surface area (TPSA) is 48.8 Å². The summed E-state index contributed by atoms with van der Waals surface area (Å²) in [6.07, 6.45) is 0. The molecule has 0 aliphatic heterocycles. The molecular weight excluding hydrogens is 333 g/mol. The van der Waals surface area contributed by atoms with Gasteiger partial charge in [-0.2, -0.15) is 0 Å². The highest BCUT2D eigenvalue weighted by atomic mass is 127. The summed E-state index contributed by atoms with van der Waals surface area (Å²) in [4.78, 5) is 2.54. The van der Waals surface area contributed by atoms with Crippen LogP contribution in [0.25, 0.3) is 10.4 Å². The van der Waals surface area contributed by atoms with Crippen LogP contribution in [-0.4, -0.2) is 6.98 Å². The molecule has 1 aromatic carbocycles. The molecule has 0 fully saturated rings. The minimum atomic E-state index is -5.02. The first-order valence-corrected chi connectivity index (χ1v) is 5.44. The highest BCUT2D eigenvalue weighted by Crippen LogP contribution is 2.19. The number of nitrogens with zero attached hydrogens (tertiary/aromatic N) is 3. The summed E-state index contributed by atoms with van der Waals surface area (Å²) < 4.78 is 38.2. The Morgan fingerprint density at radius 1 is 1.44 bits per heavy atom. The maximum Gasteiger partial charge on any atom is 0.509 e. The van der Waals surface area contributed by atoms with Crippen molar-refractivity contribution in [2.24, 2.45) is 5.11 Å². The van der Waals surface area contributed by atoms with Crippen LogP contribution in [0, 0.1) is 10.5 Å². The van der Waals surface area contributed by atoms with Crippen molar-refractivity contribution < 1.29 is 12.9 Å². The third-order valence-corrected chi connectivity index (χ3v) is 3.28. The predicted molar refractivity (Wildman–Crippen MR) is 65.5 cm³/mol. The molecule has 0 atom stereocenters. The Balaban J connectivity index is 3.27.